The molecule has 0 aliphatic rings. The topological polar surface area (TPSA) is 86.6 Å². The van der Waals surface area contributed by atoms with E-state index in [1.807, 2.05) is 0 Å². The van der Waals surface area contributed by atoms with Crippen LogP contribution in [0.4, 0.5) is 5.69 Å². The quantitative estimate of drug-likeness (QED) is 0.612. The summed E-state index contributed by atoms with van der Waals surface area (Å²) in [6, 6.07) is 6.09. The summed E-state index contributed by atoms with van der Waals surface area (Å²) < 4.78 is 23.1. The molecule has 0 bridgehead atoms. The zero-order valence-electron chi connectivity index (χ0n) is 8.05. The van der Waals surface area contributed by atoms with E-state index in [1.54, 1.807) is 12.1 Å². The molecule has 1 aromatic rings. The summed E-state index contributed by atoms with van der Waals surface area (Å²) >= 11 is 0. The van der Waals surface area contributed by atoms with E-state index in [0.29, 0.717) is 5.69 Å². The normalized spacial score (nSPS) is 11.3. The van der Waals surface area contributed by atoms with Gasteiger partial charge in [-0.15, -0.1) is 0 Å². The van der Waals surface area contributed by atoms with Crippen molar-refractivity contribution in [1.29, 1.82) is 0 Å². The lowest BCUT2D eigenvalue weighted by Crippen LogP contribution is -2.10. The molecule has 0 aliphatic carbocycles. The molecule has 3 N–H and O–H groups in total. The zero-order valence-corrected chi connectivity index (χ0v) is 8.87. The van der Waals surface area contributed by atoms with Crippen molar-refractivity contribution >= 4 is 15.5 Å². The van der Waals surface area contributed by atoms with Gasteiger partial charge in [0.25, 0.3) is 0 Å². The molecule has 1 rings (SSSR count). The minimum absolute atomic E-state index is 0.134. The van der Waals surface area contributed by atoms with Crippen LogP contribution >= 0.6 is 0 Å². The summed E-state index contributed by atoms with van der Waals surface area (Å²) in [4.78, 5) is 0.134. The number of benzene rings is 1. The Balaban J connectivity index is 2.99. The number of hydrogen-bond donors (Lipinski definition) is 3. The van der Waals surface area contributed by atoms with Crippen LogP contribution in [0.25, 0.3) is 0 Å². The molecular formula is C9H13NO4S. The van der Waals surface area contributed by atoms with Crippen LogP contribution in [0.5, 0.6) is 0 Å². The van der Waals surface area contributed by atoms with E-state index in [1.165, 1.54) is 12.1 Å². The molecule has 0 unspecified atom stereocenters. The summed E-state index contributed by atoms with van der Waals surface area (Å²) in [6.07, 6.45) is 0. The fraction of sp³-hybridized carbons (Fsp3) is 0.333. The number of aliphatic hydroxyl groups excluding tert-OH is 2. The van der Waals surface area contributed by atoms with E-state index in [0.717, 1.165) is 0 Å². The predicted octanol–water partition coefficient (Wildman–Crippen LogP) is -0.186. The highest BCUT2D eigenvalue weighted by molar-refractivity contribution is 7.91. The van der Waals surface area contributed by atoms with E-state index in [9.17, 15) is 8.42 Å². The SMILES string of the molecule is O=S(=O)(CCO)c1cccc(NCO)c1. The molecule has 84 valence electrons. The van der Waals surface area contributed by atoms with Crippen molar-refractivity contribution in [3.05, 3.63) is 24.3 Å². The molecule has 6 heteroatoms. The Labute approximate surface area is 88.3 Å². The van der Waals surface area contributed by atoms with Crippen LogP contribution in [0.3, 0.4) is 0 Å². The smallest absolute Gasteiger partial charge is 0.180 e. The second kappa shape index (κ2) is 5.11. The number of hydrogen-bond acceptors (Lipinski definition) is 5. The van der Waals surface area contributed by atoms with Crippen LogP contribution in [0, 0.1) is 0 Å². The van der Waals surface area contributed by atoms with Crippen molar-refractivity contribution in [2.75, 3.05) is 24.4 Å². The number of nitrogens with one attached hydrogen (secondary N) is 1. The molecule has 0 amide bonds. The highest BCUT2D eigenvalue weighted by atomic mass is 32.2. The molecule has 5 nitrogen and oxygen atoms in total. The number of anilines is 1. The first-order valence-electron chi connectivity index (χ1n) is 4.38. The van der Waals surface area contributed by atoms with Crippen molar-refractivity contribution in [1.82, 2.24) is 0 Å². The first-order valence-corrected chi connectivity index (χ1v) is 6.04. The van der Waals surface area contributed by atoms with E-state index < -0.39 is 16.4 Å². The molecule has 0 fully saturated rings. The van der Waals surface area contributed by atoms with Crippen LogP contribution in [0.2, 0.25) is 0 Å². The Morgan fingerprint density at radius 3 is 2.60 bits per heavy atom. The molecule has 0 saturated heterocycles. The van der Waals surface area contributed by atoms with E-state index in [4.69, 9.17) is 10.2 Å². The van der Waals surface area contributed by atoms with Gasteiger partial charge in [-0.2, -0.15) is 0 Å². The van der Waals surface area contributed by atoms with Gasteiger partial charge in [-0.05, 0) is 18.2 Å². The van der Waals surface area contributed by atoms with Crippen molar-refractivity contribution in [3.8, 4) is 0 Å². The Morgan fingerprint density at radius 1 is 1.27 bits per heavy atom. The minimum atomic E-state index is -3.42. The molecule has 0 spiro atoms. The molecule has 0 atom stereocenters. The summed E-state index contributed by atoms with van der Waals surface area (Å²) in [5.74, 6) is -0.296. The maximum atomic E-state index is 11.5. The Kier molecular flexibility index (Phi) is 4.07. The van der Waals surface area contributed by atoms with E-state index in [-0.39, 0.29) is 17.4 Å². The van der Waals surface area contributed by atoms with Gasteiger partial charge in [0.15, 0.2) is 9.84 Å². The third-order valence-corrected chi connectivity index (χ3v) is 3.53. The number of rotatable bonds is 5. The lowest BCUT2D eigenvalue weighted by atomic mass is 10.3. The largest absolute Gasteiger partial charge is 0.395 e. The zero-order chi connectivity index (χ0) is 11.3. The van der Waals surface area contributed by atoms with Crippen LogP contribution < -0.4 is 5.32 Å². The van der Waals surface area contributed by atoms with Gasteiger partial charge in [-0.1, -0.05) is 6.07 Å². The Morgan fingerprint density at radius 2 is 2.00 bits per heavy atom. The fourth-order valence-corrected chi connectivity index (χ4v) is 2.20. The van der Waals surface area contributed by atoms with E-state index >= 15 is 0 Å². The molecular weight excluding hydrogens is 218 g/mol. The summed E-state index contributed by atoms with van der Waals surface area (Å²) in [7, 11) is -3.42. The lowest BCUT2D eigenvalue weighted by molar-refractivity contribution is 0.319. The minimum Gasteiger partial charge on any atom is -0.395 e. The third-order valence-electron chi connectivity index (χ3n) is 1.84. The first kappa shape index (κ1) is 12.0. The lowest BCUT2D eigenvalue weighted by Gasteiger charge is -2.06. The van der Waals surface area contributed by atoms with Crippen molar-refractivity contribution < 1.29 is 18.6 Å². The second-order valence-electron chi connectivity index (χ2n) is 2.91. The van der Waals surface area contributed by atoms with Gasteiger partial charge >= 0.3 is 0 Å². The van der Waals surface area contributed by atoms with Crippen molar-refractivity contribution in [3.63, 3.8) is 0 Å². The van der Waals surface area contributed by atoms with Crippen LogP contribution in [-0.4, -0.2) is 37.7 Å². The average molecular weight is 231 g/mol. The maximum absolute atomic E-state index is 11.5. The third kappa shape index (κ3) is 3.19. The monoisotopic (exact) mass is 231 g/mol. The molecule has 1 aromatic carbocycles. The summed E-state index contributed by atoms with van der Waals surface area (Å²) in [5.41, 5.74) is 0.525. The van der Waals surface area contributed by atoms with Gasteiger partial charge < -0.3 is 15.5 Å². The highest BCUT2D eigenvalue weighted by Crippen LogP contribution is 2.16. The molecule has 0 radical (unpaired) electrons. The van der Waals surface area contributed by atoms with Gasteiger partial charge in [0, 0.05) is 5.69 Å². The summed E-state index contributed by atoms with van der Waals surface area (Å²) in [5, 5.41) is 19.8. The van der Waals surface area contributed by atoms with Crippen LogP contribution in [-0.2, 0) is 9.84 Å². The van der Waals surface area contributed by atoms with Crippen molar-refractivity contribution in [2.45, 2.75) is 4.90 Å². The first-order chi connectivity index (χ1) is 7.10. The Hall–Kier alpha value is -1.11. The maximum Gasteiger partial charge on any atom is 0.180 e. The van der Waals surface area contributed by atoms with Gasteiger partial charge in [0.2, 0.25) is 0 Å². The number of aliphatic hydroxyl groups is 2. The van der Waals surface area contributed by atoms with Gasteiger partial charge in [-0.25, -0.2) is 8.42 Å². The van der Waals surface area contributed by atoms with E-state index in [2.05, 4.69) is 5.32 Å². The Bertz CT molecular complexity index is 416. The van der Waals surface area contributed by atoms with Gasteiger partial charge in [-0.3, -0.25) is 0 Å². The molecule has 15 heavy (non-hydrogen) atoms. The summed E-state index contributed by atoms with van der Waals surface area (Å²) in [6.45, 7) is -0.663. The van der Waals surface area contributed by atoms with Crippen molar-refractivity contribution in [2.24, 2.45) is 0 Å². The van der Waals surface area contributed by atoms with Crippen LogP contribution in [0.1, 0.15) is 0 Å². The average Bonchev–Trinajstić information content (AvgIpc) is 2.19. The predicted molar refractivity (Wildman–Crippen MR) is 56.3 cm³/mol. The second-order valence-corrected chi connectivity index (χ2v) is 5.01. The fourth-order valence-electron chi connectivity index (χ4n) is 1.13. The molecule has 0 aromatic heterocycles. The molecule has 0 heterocycles. The van der Waals surface area contributed by atoms with Gasteiger partial charge in [0.1, 0.15) is 6.73 Å². The van der Waals surface area contributed by atoms with Crippen LogP contribution in [0.15, 0.2) is 29.2 Å². The van der Waals surface area contributed by atoms with Gasteiger partial charge in [0.05, 0.1) is 17.3 Å². The molecule has 0 aliphatic heterocycles. The number of sulfone groups is 1. The molecule has 0 saturated carbocycles. The highest BCUT2D eigenvalue weighted by Gasteiger charge is 2.13. The standard InChI is InChI=1S/C9H13NO4S/c11-4-5-15(13,14)9-3-1-2-8(6-9)10-7-12/h1-3,6,10-12H,4-5,7H2.